The van der Waals surface area contributed by atoms with E-state index in [0.717, 1.165) is 50.7 Å². The molecule has 1 amide bonds. The summed E-state index contributed by atoms with van der Waals surface area (Å²) in [5.74, 6) is 1.41. The van der Waals surface area contributed by atoms with Gasteiger partial charge in [0.15, 0.2) is 11.5 Å². The Morgan fingerprint density at radius 2 is 1.81 bits per heavy atom. The molecule has 1 N–H and O–H groups in total. The van der Waals surface area contributed by atoms with Crippen molar-refractivity contribution in [1.82, 2.24) is 19.4 Å². The van der Waals surface area contributed by atoms with Crippen LogP contribution in [-0.2, 0) is 11.3 Å². The molecule has 1 aromatic heterocycles. The molecule has 8 nitrogen and oxygen atoms in total. The Balaban J connectivity index is 1.20. The normalized spacial score (nSPS) is 17.6. The molecule has 0 unspecified atom stereocenters. The van der Waals surface area contributed by atoms with E-state index in [1.165, 1.54) is 0 Å². The van der Waals surface area contributed by atoms with E-state index in [1.807, 2.05) is 30.7 Å². The molecule has 0 bridgehead atoms. The molecule has 1 aromatic carbocycles. The first-order valence-corrected chi connectivity index (χ1v) is 9.36. The van der Waals surface area contributed by atoms with Gasteiger partial charge in [0, 0.05) is 63.4 Å². The monoisotopic (exact) mass is 371 g/mol. The fourth-order valence-corrected chi connectivity index (χ4v) is 3.37. The number of nitrogens with one attached hydrogen (secondary N) is 1. The first-order chi connectivity index (χ1) is 13.3. The fourth-order valence-electron chi connectivity index (χ4n) is 3.37. The van der Waals surface area contributed by atoms with Crippen LogP contribution in [0.3, 0.4) is 0 Å². The van der Waals surface area contributed by atoms with Gasteiger partial charge >= 0.3 is 0 Å². The molecule has 8 heteroatoms. The second-order valence-corrected chi connectivity index (χ2v) is 6.82. The van der Waals surface area contributed by atoms with Gasteiger partial charge in [0.2, 0.25) is 5.91 Å². The maximum absolute atomic E-state index is 12.4. The number of carbonyl (C=O) groups is 1. The van der Waals surface area contributed by atoms with Crippen molar-refractivity contribution in [2.45, 2.75) is 6.54 Å². The highest BCUT2D eigenvalue weighted by atomic mass is 16.6. The number of ether oxygens (including phenoxy) is 2. The minimum absolute atomic E-state index is 0.00135. The highest BCUT2D eigenvalue weighted by molar-refractivity contribution is 5.92. The molecule has 144 valence electrons. The number of rotatable bonds is 6. The number of carbonyl (C=O) groups excluding carboxylic acids is 1. The maximum atomic E-state index is 12.4. The molecular weight excluding hydrogens is 346 g/mol. The molecule has 4 rings (SSSR count). The van der Waals surface area contributed by atoms with Gasteiger partial charge in [-0.2, -0.15) is 0 Å². The summed E-state index contributed by atoms with van der Waals surface area (Å²) in [6, 6.07) is 5.50. The Kier molecular flexibility index (Phi) is 5.55. The van der Waals surface area contributed by atoms with E-state index in [1.54, 1.807) is 6.20 Å². The first kappa shape index (κ1) is 17.8. The number of nitrogens with zero attached hydrogens (tertiary/aromatic N) is 4. The van der Waals surface area contributed by atoms with Crippen LogP contribution in [0.1, 0.15) is 0 Å². The van der Waals surface area contributed by atoms with Crippen LogP contribution in [0.2, 0.25) is 0 Å². The molecule has 1 saturated heterocycles. The summed E-state index contributed by atoms with van der Waals surface area (Å²) in [6.07, 6.45) is 5.63. The van der Waals surface area contributed by atoms with Gasteiger partial charge in [-0.1, -0.05) is 0 Å². The van der Waals surface area contributed by atoms with Crippen LogP contribution < -0.4 is 14.8 Å². The third-order valence-corrected chi connectivity index (χ3v) is 4.89. The van der Waals surface area contributed by atoms with Gasteiger partial charge in [0.25, 0.3) is 0 Å². The van der Waals surface area contributed by atoms with Gasteiger partial charge < -0.3 is 19.4 Å². The Morgan fingerprint density at radius 1 is 1.04 bits per heavy atom. The first-order valence-electron chi connectivity index (χ1n) is 9.36. The van der Waals surface area contributed by atoms with Crippen LogP contribution in [0.25, 0.3) is 0 Å². The Bertz CT molecular complexity index is 757. The number of imidazole rings is 1. The van der Waals surface area contributed by atoms with Crippen molar-refractivity contribution in [3.63, 3.8) is 0 Å². The van der Waals surface area contributed by atoms with E-state index < -0.39 is 0 Å². The zero-order valence-corrected chi connectivity index (χ0v) is 15.3. The fraction of sp³-hybridized carbons (Fsp3) is 0.474. The van der Waals surface area contributed by atoms with Crippen LogP contribution in [-0.4, -0.2) is 77.7 Å². The predicted octanol–water partition coefficient (Wildman–Crippen LogP) is 0.911. The van der Waals surface area contributed by atoms with Crippen molar-refractivity contribution in [2.75, 3.05) is 57.8 Å². The zero-order chi connectivity index (χ0) is 18.5. The zero-order valence-electron chi connectivity index (χ0n) is 15.3. The SMILES string of the molecule is O=C(CN1CCN(CCn2ccnc2)CC1)Nc1ccc2c(c1)OCCO2. The van der Waals surface area contributed by atoms with Crippen molar-refractivity contribution in [3.8, 4) is 11.5 Å². The van der Waals surface area contributed by atoms with Crippen molar-refractivity contribution in [1.29, 1.82) is 0 Å². The smallest absolute Gasteiger partial charge is 0.238 e. The average Bonchev–Trinajstić information content (AvgIpc) is 3.21. The van der Waals surface area contributed by atoms with Crippen LogP contribution >= 0.6 is 0 Å². The summed E-state index contributed by atoms with van der Waals surface area (Å²) in [4.78, 5) is 21.0. The van der Waals surface area contributed by atoms with Crippen molar-refractivity contribution >= 4 is 11.6 Å². The van der Waals surface area contributed by atoms with Crippen LogP contribution in [0.15, 0.2) is 36.9 Å². The lowest BCUT2D eigenvalue weighted by Gasteiger charge is -2.34. The van der Waals surface area contributed by atoms with E-state index in [2.05, 4.69) is 24.7 Å². The molecule has 0 saturated carbocycles. The van der Waals surface area contributed by atoms with Gasteiger partial charge in [-0.3, -0.25) is 14.6 Å². The lowest BCUT2D eigenvalue weighted by molar-refractivity contribution is -0.117. The quantitative estimate of drug-likeness (QED) is 0.814. The topological polar surface area (TPSA) is 71.9 Å². The highest BCUT2D eigenvalue weighted by Crippen LogP contribution is 2.32. The second kappa shape index (κ2) is 8.41. The molecule has 0 spiro atoms. The number of piperazine rings is 1. The van der Waals surface area contributed by atoms with Gasteiger partial charge in [-0.15, -0.1) is 0 Å². The summed E-state index contributed by atoms with van der Waals surface area (Å²) in [6.45, 7) is 7.22. The molecule has 2 aliphatic heterocycles. The average molecular weight is 371 g/mol. The predicted molar refractivity (Wildman–Crippen MR) is 101 cm³/mol. The summed E-state index contributed by atoms with van der Waals surface area (Å²) in [5.41, 5.74) is 0.739. The van der Waals surface area contributed by atoms with Crippen molar-refractivity contribution in [2.24, 2.45) is 0 Å². The molecule has 0 atom stereocenters. The minimum atomic E-state index is -0.00135. The van der Waals surface area contributed by atoms with Crippen molar-refractivity contribution in [3.05, 3.63) is 36.9 Å². The second-order valence-electron chi connectivity index (χ2n) is 6.82. The van der Waals surface area contributed by atoms with E-state index in [4.69, 9.17) is 9.47 Å². The molecule has 3 heterocycles. The van der Waals surface area contributed by atoms with E-state index >= 15 is 0 Å². The lowest BCUT2D eigenvalue weighted by atomic mass is 10.2. The summed E-state index contributed by atoms with van der Waals surface area (Å²) < 4.78 is 13.2. The van der Waals surface area contributed by atoms with Gasteiger partial charge in [0.05, 0.1) is 12.9 Å². The molecule has 2 aliphatic rings. The minimum Gasteiger partial charge on any atom is -0.486 e. The number of amides is 1. The number of fused-ring (bicyclic) bond motifs is 1. The largest absolute Gasteiger partial charge is 0.486 e. The summed E-state index contributed by atoms with van der Waals surface area (Å²) in [5, 5.41) is 2.95. The number of aromatic nitrogens is 2. The molecule has 2 aromatic rings. The summed E-state index contributed by atoms with van der Waals surface area (Å²) in [7, 11) is 0. The van der Waals surface area contributed by atoms with E-state index in [9.17, 15) is 4.79 Å². The van der Waals surface area contributed by atoms with Gasteiger partial charge in [-0.05, 0) is 12.1 Å². The summed E-state index contributed by atoms with van der Waals surface area (Å²) >= 11 is 0. The van der Waals surface area contributed by atoms with Gasteiger partial charge in [0.1, 0.15) is 13.2 Å². The van der Waals surface area contributed by atoms with Gasteiger partial charge in [-0.25, -0.2) is 4.98 Å². The van der Waals surface area contributed by atoms with Crippen LogP contribution in [0, 0.1) is 0 Å². The molecule has 0 radical (unpaired) electrons. The third kappa shape index (κ3) is 4.78. The van der Waals surface area contributed by atoms with E-state index in [0.29, 0.717) is 25.5 Å². The Hall–Kier alpha value is -2.58. The molecule has 1 fully saturated rings. The maximum Gasteiger partial charge on any atom is 0.238 e. The molecule has 0 aliphatic carbocycles. The standard InChI is InChI=1S/C19H25N5O3/c25-19(21-16-1-2-17-18(13-16)27-12-11-26-17)14-23-8-5-22(6-9-23)7-10-24-4-3-20-15-24/h1-4,13,15H,5-12,14H2,(H,21,25). The highest BCUT2D eigenvalue weighted by Gasteiger charge is 2.19. The van der Waals surface area contributed by atoms with Crippen molar-refractivity contribution < 1.29 is 14.3 Å². The van der Waals surface area contributed by atoms with Crippen LogP contribution in [0.4, 0.5) is 5.69 Å². The number of hydrogen-bond acceptors (Lipinski definition) is 6. The number of anilines is 1. The Morgan fingerprint density at radius 3 is 2.59 bits per heavy atom. The Labute approximate surface area is 158 Å². The van der Waals surface area contributed by atoms with Crippen LogP contribution in [0.5, 0.6) is 11.5 Å². The molecule has 27 heavy (non-hydrogen) atoms. The molecular formula is C19H25N5O3. The third-order valence-electron chi connectivity index (χ3n) is 4.89. The van der Waals surface area contributed by atoms with E-state index in [-0.39, 0.29) is 5.91 Å². The number of hydrogen-bond donors (Lipinski definition) is 1. The number of benzene rings is 1. The lowest BCUT2D eigenvalue weighted by Crippen LogP contribution is -2.49.